The summed E-state index contributed by atoms with van der Waals surface area (Å²) in [7, 11) is -3.43. The van der Waals surface area contributed by atoms with Gasteiger partial charge in [-0.25, -0.2) is 12.8 Å². The van der Waals surface area contributed by atoms with Crippen LogP contribution in [-0.2, 0) is 26.0 Å². The van der Waals surface area contributed by atoms with Crippen molar-refractivity contribution >= 4 is 39.1 Å². The summed E-state index contributed by atoms with van der Waals surface area (Å²) in [6.07, 6.45) is -0.493. The fourth-order valence-electron chi connectivity index (χ4n) is 2.29. The highest BCUT2D eigenvalue weighted by Gasteiger charge is 2.21. The van der Waals surface area contributed by atoms with E-state index in [0.717, 1.165) is 6.26 Å². The lowest BCUT2D eigenvalue weighted by Gasteiger charge is -2.13. The normalized spacial score (nSPS) is 12.3. The van der Waals surface area contributed by atoms with E-state index >= 15 is 0 Å². The first kappa shape index (κ1) is 20.9. The van der Waals surface area contributed by atoms with Gasteiger partial charge in [-0.15, -0.1) is 0 Å². The number of ether oxygens (including phenoxy) is 1. The fourth-order valence-corrected chi connectivity index (χ4v) is 3.08. The zero-order valence-electron chi connectivity index (χ0n) is 14.5. The number of ketones is 1. The number of esters is 1. The molecule has 2 aromatic carbocycles. The second-order valence-electron chi connectivity index (χ2n) is 5.82. The number of carbonyl (C=O) groups excluding carboxylic acids is 2. The van der Waals surface area contributed by atoms with Crippen molar-refractivity contribution in [2.75, 3.05) is 11.0 Å². The largest absolute Gasteiger partial charge is 0.454 e. The molecule has 0 fully saturated rings. The first-order valence-corrected chi connectivity index (χ1v) is 10.1. The zero-order valence-corrected chi connectivity index (χ0v) is 16.1. The van der Waals surface area contributed by atoms with Crippen LogP contribution in [-0.4, -0.2) is 32.5 Å². The molecule has 6 nitrogen and oxygen atoms in total. The Kier molecular flexibility index (Phi) is 6.56. The second-order valence-corrected chi connectivity index (χ2v) is 7.98. The molecule has 9 heteroatoms. The van der Waals surface area contributed by atoms with Crippen molar-refractivity contribution in [3.8, 4) is 0 Å². The van der Waals surface area contributed by atoms with Gasteiger partial charge in [0.25, 0.3) is 0 Å². The minimum absolute atomic E-state index is 0.0000166. The van der Waals surface area contributed by atoms with E-state index in [2.05, 4.69) is 4.72 Å². The number of Topliss-reactive ketones (excluding diaryl/α,β-unsaturated/α-hetero) is 1. The zero-order chi connectivity index (χ0) is 20.2. The maximum Gasteiger partial charge on any atom is 0.311 e. The van der Waals surface area contributed by atoms with E-state index in [-0.39, 0.29) is 16.1 Å². The topological polar surface area (TPSA) is 89.5 Å². The van der Waals surface area contributed by atoms with Gasteiger partial charge >= 0.3 is 5.97 Å². The molecule has 2 rings (SSSR count). The third kappa shape index (κ3) is 6.04. The molecule has 0 radical (unpaired) electrons. The highest BCUT2D eigenvalue weighted by molar-refractivity contribution is 7.92. The minimum Gasteiger partial charge on any atom is -0.454 e. The standard InChI is InChI=1S/C18H17ClFNO5S/c1-11(26-17(22)10-14-15(19)4-3-5-16(14)20)18(23)12-6-8-13(9-7-12)21-27(2,24)25/h3-9,11,21H,10H2,1-2H3. The van der Waals surface area contributed by atoms with Gasteiger partial charge in [-0.1, -0.05) is 17.7 Å². The number of nitrogens with one attached hydrogen (secondary N) is 1. The third-order valence-corrected chi connectivity index (χ3v) is 4.49. The Morgan fingerprint density at radius 1 is 1.19 bits per heavy atom. The van der Waals surface area contributed by atoms with Crippen LogP contribution in [0.2, 0.25) is 5.02 Å². The quantitative estimate of drug-likeness (QED) is 0.556. The lowest BCUT2D eigenvalue weighted by atomic mass is 10.1. The molecule has 0 saturated heterocycles. The molecular weight excluding hydrogens is 397 g/mol. The summed E-state index contributed by atoms with van der Waals surface area (Å²) in [6.45, 7) is 1.39. The van der Waals surface area contributed by atoms with E-state index in [1.165, 1.54) is 49.4 Å². The molecule has 0 aliphatic heterocycles. The Hall–Kier alpha value is -2.45. The van der Waals surface area contributed by atoms with Gasteiger partial charge in [0.15, 0.2) is 6.10 Å². The molecular formula is C18H17ClFNO5S. The molecule has 2 aromatic rings. The van der Waals surface area contributed by atoms with Crippen molar-refractivity contribution in [3.05, 3.63) is 64.4 Å². The smallest absolute Gasteiger partial charge is 0.311 e. The van der Waals surface area contributed by atoms with Crippen LogP contribution in [0, 0.1) is 5.82 Å². The Morgan fingerprint density at radius 2 is 1.81 bits per heavy atom. The number of rotatable bonds is 7. The van der Waals surface area contributed by atoms with Crippen LogP contribution in [0.1, 0.15) is 22.8 Å². The third-order valence-electron chi connectivity index (χ3n) is 3.53. The average molecular weight is 414 g/mol. The Bertz CT molecular complexity index is 940. The van der Waals surface area contributed by atoms with Gasteiger partial charge in [0.1, 0.15) is 5.82 Å². The van der Waals surface area contributed by atoms with Gasteiger partial charge in [-0.2, -0.15) is 0 Å². The van der Waals surface area contributed by atoms with Gasteiger partial charge in [0.05, 0.1) is 12.7 Å². The van der Waals surface area contributed by atoms with E-state index in [0.29, 0.717) is 5.69 Å². The van der Waals surface area contributed by atoms with Crippen LogP contribution in [0.15, 0.2) is 42.5 Å². The van der Waals surface area contributed by atoms with Crippen molar-refractivity contribution in [3.63, 3.8) is 0 Å². The van der Waals surface area contributed by atoms with Gasteiger partial charge < -0.3 is 4.74 Å². The van der Waals surface area contributed by atoms with E-state index in [9.17, 15) is 22.4 Å². The van der Waals surface area contributed by atoms with Crippen LogP contribution in [0.4, 0.5) is 10.1 Å². The van der Waals surface area contributed by atoms with E-state index in [4.69, 9.17) is 16.3 Å². The molecule has 144 valence electrons. The molecule has 1 atom stereocenters. The predicted molar refractivity (Wildman–Crippen MR) is 99.9 cm³/mol. The Labute approximate surface area is 161 Å². The van der Waals surface area contributed by atoms with Gasteiger partial charge in [0.2, 0.25) is 15.8 Å². The molecule has 0 spiro atoms. The van der Waals surface area contributed by atoms with E-state index in [1.54, 1.807) is 0 Å². The van der Waals surface area contributed by atoms with Crippen LogP contribution >= 0.6 is 11.6 Å². The van der Waals surface area contributed by atoms with Crippen LogP contribution < -0.4 is 4.72 Å². The van der Waals surface area contributed by atoms with Crippen molar-refractivity contribution in [2.24, 2.45) is 0 Å². The summed E-state index contributed by atoms with van der Waals surface area (Å²) < 4.78 is 43.4. The van der Waals surface area contributed by atoms with Crippen molar-refractivity contribution in [2.45, 2.75) is 19.4 Å². The number of halogens is 2. The Balaban J connectivity index is 2.01. The second kappa shape index (κ2) is 8.49. The van der Waals surface area contributed by atoms with E-state index in [1.807, 2.05) is 0 Å². The number of hydrogen-bond acceptors (Lipinski definition) is 5. The molecule has 0 saturated carbocycles. The summed E-state index contributed by atoms with van der Waals surface area (Å²) in [6, 6.07) is 9.70. The highest BCUT2D eigenvalue weighted by atomic mass is 35.5. The van der Waals surface area contributed by atoms with Gasteiger partial charge in [-0.3, -0.25) is 14.3 Å². The predicted octanol–water partition coefficient (Wildman–Crippen LogP) is 3.21. The van der Waals surface area contributed by atoms with Crippen LogP contribution in [0.5, 0.6) is 0 Å². The van der Waals surface area contributed by atoms with E-state index < -0.39 is 40.1 Å². The monoisotopic (exact) mass is 413 g/mol. The maximum absolute atomic E-state index is 13.7. The summed E-state index contributed by atoms with van der Waals surface area (Å²) in [5.41, 5.74) is 0.534. The summed E-state index contributed by atoms with van der Waals surface area (Å²) in [4.78, 5) is 24.3. The molecule has 1 unspecified atom stereocenters. The number of carbonyl (C=O) groups is 2. The molecule has 1 N–H and O–H groups in total. The molecule has 0 aromatic heterocycles. The number of anilines is 1. The van der Waals surface area contributed by atoms with Crippen molar-refractivity contribution in [1.29, 1.82) is 0 Å². The summed E-state index contributed by atoms with van der Waals surface area (Å²) in [5.74, 6) is -1.90. The van der Waals surface area contributed by atoms with Crippen LogP contribution in [0.25, 0.3) is 0 Å². The van der Waals surface area contributed by atoms with Gasteiger partial charge in [-0.05, 0) is 43.3 Å². The Morgan fingerprint density at radius 3 is 2.37 bits per heavy atom. The average Bonchev–Trinajstić information content (AvgIpc) is 2.57. The SMILES string of the molecule is CC(OC(=O)Cc1c(F)cccc1Cl)C(=O)c1ccc(NS(C)(=O)=O)cc1. The highest BCUT2D eigenvalue weighted by Crippen LogP contribution is 2.20. The molecule has 0 heterocycles. The fraction of sp³-hybridized carbons (Fsp3) is 0.222. The minimum atomic E-state index is -3.43. The van der Waals surface area contributed by atoms with Crippen molar-refractivity contribution < 1.29 is 27.1 Å². The molecule has 0 aliphatic rings. The maximum atomic E-state index is 13.7. The van der Waals surface area contributed by atoms with Crippen molar-refractivity contribution in [1.82, 2.24) is 0 Å². The summed E-state index contributed by atoms with van der Waals surface area (Å²) in [5, 5.41) is 0.0971. The van der Waals surface area contributed by atoms with Gasteiger partial charge in [0, 0.05) is 21.8 Å². The number of sulfonamides is 1. The summed E-state index contributed by atoms with van der Waals surface area (Å²) >= 11 is 5.87. The number of benzene rings is 2. The molecule has 0 bridgehead atoms. The molecule has 0 aliphatic carbocycles. The lowest BCUT2D eigenvalue weighted by molar-refractivity contribution is -0.145. The number of hydrogen-bond donors (Lipinski definition) is 1. The van der Waals surface area contributed by atoms with Crippen LogP contribution in [0.3, 0.4) is 0 Å². The first-order valence-electron chi connectivity index (χ1n) is 7.81. The first-order chi connectivity index (χ1) is 12.6. The molecule has 27 heavy (non-hydrogen) atoms. The lowest BCUT2D eigenvalue weighted by Crippen LogP contribution is -2.25. The molecule has 0 amide bonds.